The summed E-state index contributed by atoms with van der Waals surface area (Å²) in [6, 6.07) is 3.63. The lowest BCUT2D eigenvalue weighted by Crippen LogP contribution is -2.29. The van der Waals surface area contributed by atoms with E-state index in [1.807, 2.05) is 0 Å². The Labute approximate surface area is 104 Å². The van der Waals surface area contributed by atoms with Crippen LogP contribution in [0.5, 0.6) is 5.75 Å². The summed E-state index contributed by atoms with van der Waals surface area (Å²) < 4.78 is 41.0. The minimum Gasteiger partial charge on any atom is -0.487 e. The van der Waals surface area contributed by atoms with Crippen molar-refractivity contribution in [2.24, 2.45) is 0 Å². The zero-order valence-corrected chi connectivity index (χ0v) is 10.2. The number of benzene rings is 1. The van der Waals surface area contributed by atoms with Crippen LogP contribution in [-0.2, 0) is 16.4 Å². The van der Waals surface area contributed by atoms with E-state index in [4.69, 9.17) is 9.84 Å². The molecule has 2 atom stereocenters. The summed E-state index contributed by atoms with van der Waals surface area (Å²) in [5.74, 6) is -1.13. The molecule has 0 spiro atoms. The predicted octanol–water partition coefficient (Wildman–Crippen LogP) is -0.145. The van der Waals surface area contributed by atoms with Gasteiger partial charge in [0.2, 0.25) is 0 Å². The van der Waals surface area contributed by atoms with Gasteiger partial charge in [-0.1, -0.05) is 0 Å². The second kappa shape index (κ2) is 4.83. The fraction of sp³-hybridized carbons (Fsp3) is 0.455. The smallest absolute Gasteiger partial charge is 0.156 e. The van der Waals surface area contributed by atoms with E-state index in [2.05, 4.69) is 0 Å². The first-order valence-corrected chi connectivity index (χ1v) is 7.17. The first kappa shape index (κ1) is 13.3. The average molecular weight is 276 g/mol. The van der Waals surface area contributed by atoms with Crippen molar-refractivity contribution in [1.82, 2.24) is 0 Å². The highest BCUT2D eigenvalue weighted by atomic mass is 32.2. The van der Waals surface area contributed by atoms with Gasteiger partial charge in [0.1, 0.15) is 23.8 Å². The van der Waals surface area contributed by atoms with Crippen LogP contribution in [0.25, 0.3) is 0 Å². The van der Waals surface area contributed by atoms with Gasteiger partial charge in [-0.05, 0) is 17.7 Å². The highest BCUT2D eigenvalue weighted by molar-refractivity contribution is 7.91. The molecule has 0 aromatic heterocycles. The minimum atomic E-state index is -3.31. The molecule has 1 aliphatic rings. The summed E-state index contributed by atoms with van der Waals surface area (Å²) in [4.78, 5) is 0. The fourth-order valence-electron chi connectivity index (χ4n) is 1.86. The van der Waals surface area contributed by atoms with Gasteiger partial charge in [-0.2, -0.15) is 0 Å². The standard InChI is InChI=1S/C11H13FO5S/c12-8-1-7(4-13)2-9(3-8)17-11-6-18(15,16)5-10(11)14/h1-3,10-11,13-14H,4-6H2. The summed E-state index contributed by atoms with van der Waals surface area (Å²) in [5, 5.41) is 18.4. The van der Waals surface area contributed by atoms with E-state index in [0.717, 1.165) is 12.1 Å². The number of aliphatic hydroxyl groups is 2. The van der Waals surface area contributed by atoms with Crippen LogP contribution < -0.4 is 4.74 Å². The second-order valence-electron chi connectivity index (χ2n) is 4.25. The van der Waals surface area contributed by atoms with Gasteiger partial charge in [0.15, 0.2) is 9.84 Å². The third-order valence-electron chi connectivity index (χ3n) is 2.67. The molecule has 0 saturated carbocycles. The van der Waals surface area contributed by atoms with Crippen LogP contribution in [0.4, 0.5) is 4.39 Å². The Morgan fingerprint density at radius 3 is 2.61 bits per heavy atom. The molecule has 7 heteroatoms. The molecule has 1 aliphatic heterocycles. The quantitative estimate of drug-likeness (QED) is 0.802. The molecule has 100 valence electrons. The van der Waals surface area contributed by atoms with Crippen LogP contribution in [0.2, 0.25) is 0 Å². The lowest BCUT2D eigenvalue weighted by atomic mass is 10.2. The monoisotopic (exact) mass is 276 g/mol. The summed E-state index contributed by atoms with van der Waals surface area (Å²) in [6.45, 7) is -0.348. The molecule has 1 saturated heterocycles. The van der Waals surface area contributed by atoms with Crippen LogP contribution in [0.1, 0.15) is 5.56 Å². The average Bonchev–Trinajstić information content (AvgIpc) is 2.50. The molecule has 1 heterocycles. The Morgan fingerprint density at radius 2 is 2.06 bits per heavy atom. The molecule has 0 aliphatic carbocycles. The van der Waals surface area contributed by atoms with E-state index in [1.165, 1.54) is 6.07 Å². The van der Waals surface area contributed by atoms with Crippen molar-refractivity contribution in [2.75, 3.05) is 11.5 Å². The molecule has 1 aromatic carbocycles. The van der Waals surface area contributed by atoms with Crippen molar-refractivity contribution in [1.29, 1.82) is 0 Å². The first-order chi connectivity index (χ1) is 8.39. The molecule has 0 radical (unpaired) electrons. The largest absolute Gasteiger partial charge is 0.487 e. The zero-order chi connectivity index (χ0) is 13.3. The second-order valence-corrected chi connectivity index (χ2v) is 6.41. The van der Waals surface area contributed by atoms with E-state index in [1.54, 1.807) is 0 Å². The van der Waals surface area contributed by atoms with Gasteiger partial charge in [-0.25, -0.2) is 12.8 Å². The predicted molar refractivity (Wildman–Crippen MR) is 61.4 cm³/mol. The summed E-state index contributed by atoms with van der Waals surface area (Å²) >= 11 is 0. The molecular formula is C11H13FO5S. The van der Waals surface area contributed by atoms with E-state index in [0.29, 0.717) is 5.56 Å². The van der Waals surface area contributed by atoms with Crippen LogP contribution in [0.15, 0.2) is 18.2 Å². The lowest BCUT2D eigenvalue weighted by Gasteiger charge is -2.16. The van der Waals surface area contributed by atoms with Gasteiger partial charge >= 0.3 is 0 Å². The molecule has 2 rings (SSSR count). The number of aliphatic hydroxyl groups excluding tert-OH is 2. The van der Waals surface area contributed by atoms with Crippen molar-refractivity contribution in [3.63, 3.8) is 0 Å². The third kappa shape index (κ3) is 2.98. The number of halogens is 1. The number of ether oxygens (including phenoxy) is 1. The normalized spacial score (nSPS) is 26.2. The number of hydrogen-bond acceptors (Lipinski definition) is 5. The zero-order valence-electron chi connectivity index (χ0n) is 9.41. The van der Waals surface area contributed by atoms with E-state index < -0.39 is 27.9 Å². The Bertz CT molecular complexity index is 542. The fourth-order valence-corrected chi connectivity index (χ4v) is 3.53. The van der Waals surface area contributed by atoms with Crippen LogP contribution in [0, 0.1) is 5.82 Å². The Hall–Kier alpha value is -1.18. The van der Waals surface area contributed by atoms with E-state index >= 15 is 0 Å². The lowest BCUT2D eigenvalue weighted by molar-refractivity contribution is 0.0734. The van der Waals surface area contributed by atoms with Gasteiger partial charge in [-0.3, -0.25) is 0 Å². The first-order valence-electron chi connectivity index (χ1n) is 5.35. The van der Waals surface area contributed by atoms with Crippen molar-refractivity contribution >= 4 is 9.84 Å². The van der Waals surface area contributed by atoms with Crippen molar-refractivity contribution in [3.05, 3.63) is 29.6 Å². The summed E-state index contributed by atoms with van der Waals surface area (Å²) in [5.41, 5.74) is 0.320. The SMILES string of the molecule is O=S1(=O)CC(O)C(Oc2cc(F)cc(CO)c2)C1. The van der Waals surface area contributed by atoms with Gasteiger partial charge in [0.05, 0.1) is 18.1 Å². The van der Waals surface area contributed by atoms with Crippen LogP contribution in [-0.4, -0.2) is 42.3 Å². The number of sulfone groups is 1. The van der Waals surface area contributed by atoms with Crippen LogP contribution >= 0.6 is 0 Å². The highest BCUT2D eigenvalue weighted by Crippen LogP contribution is 2.22. The van der Waals surface area contributed by atoms with Crippen molar-refractivity contribution < 1.29 is 27.8 Å². The van der Waals surface area contributed by atoms with Gasteiger partial charge in [-0.15, -0.1) is 0 Å². The molecule has 1 aromatic rings. The number of hydrogen-bond donors (Lipinski definition) is 2. The molecular weight excluding hydrogens is 263 g/mol. The highest BCUT2D eigenvalue weighted by Gasteiger charge is 2.38. The molecule has 2 unspecified atom stereocenters. The van der Waals surface area contributed by atoms with Gasteiger partial charge < -0.3 is 14.9 Å². The van der Waals surface area contributed by atoms with Crippen molar-refractivity contribution in [3.8, 4) is 5.75 Å². The van der Waals surface area contributed by atoms with E-state index in [9.17, 15) is 17.9 Å². The maximum atomic E-state index is 13.2. The molecule has 18 heavy (non-hydrogen) atoms. The maximum absolute atomic E-state index is 13.2. The summed E-state index contributed by atoms with van der Waals surface area (Å²) in [6.07, 6.45) is -2.01. The molecule has 0 amide bonds. The molecule has 1 fully saturated rings. The minimum absolute atomic E-state index is 0.0974. The number of rotatable bonds is 3. The molecule has 2 N–H and O–H groups in total. The Morgan fingerprint density at radius 1 is 1.33 bits per heavy atom. The molecule has 5 nitrogen and oxygen atoms in total. The summed E-state index contributed by atoms with van der Waals surface area (Å²) in [7, 11) is -3.31. The van der Waals surface area contributed by atoms with Gasteiger partial charge in [0, 0.05) is 6.07 Å². The maximum Gasteiger partial charge on any atom is 0.156 e. The van der Waals surface area contributed by atoms with E-state index in [-0.39, 0.29) is 23.9 Å². The topological polar surface area (TPSA) is 83.8 Å². The van der Waals surface area contributed by atoms with Gasteiger partial charge in [0.25, 0.3) is 0 Å². The van der Waals surface area contributed by atoms with Crippen LogP contribution in [0.3, 0.4) is 0 Å². The Kier molecular flexibility index (Phi) is 3.56. The Balaban J connectivity index is 2.17. The molecule has 0 bridgehead atoms. The third-order valence-corrected chi connectivity index (χ3v) is 4.36. The van der Waals surface area contributed by atoms with Crippen molar-refractivity contribution in [2.45, 2.75) is 18.8 Å².